The molecule has 0 saturated carbocycles. The number of aromatic hydroxyl groups is 1. The third-order valence-electron chi connectivity index (χ3n) is 5.30. The Morgan fingerprint density at radius 1 is 1.16 bits per heavy atom. The number of fused-ring (bicyclic) bond motifs is 1. The molecule has 0 aliphatic heterocycles. The molecule has 4 aromatic rings. The summed E-state index contributed by atoms with van der Waals surface area (Å²) in [7, 11) is 1.55. The second-order valence-electron chi connectivity index (χ2n) is 7.33. The zero-order valence-electron chi connectivity index (χ0n) is 17.1. The van der Waals surface area contributed by atoms with Crippen LogP contribution in [0.1, 0.15) is 28.6 Å². The molecule has 2 aromatic carbocycles. The normalized spacial score (nSPS) is 13.1. The Labute approximate surface area is 182 Å². The van der Waals surface area contributed by atoms with Gasteiger partial charge in [0.2, 0.25) is 0 Å². The van der Waals surface area contributed by atoms with Crippen LogP contribution in [0.15, 0.2) is 76.1 Å². The van der Waals surface area contributed by atoms with Gasteiger partial charge >= 0.3 is 0 Å². The predicted molar refractivity (Wildman–Crippen MR) is 117 cm³/mol. The highest BCUT2D eigenvalue weighted by molar-refractivity contribution is 6.03. The van der Waals surface area contributed by atoms with Crippen molar-refractivity contribution in [3.8, 4) is 5.75 Å². The first-order valence-electron chi connectivity index (χ1n) is 9.84. The highest BCUT2D eigenvalue weighted by atomic mass is 16.8. The standard InChI is InChI=1S/C23H21N3O6/c1-25-18-6-3-2-5-16(18)22(28)21(23(25)29)19(27)13-17(20-7-4-12-32-20)24-14-8-10-15(11-9-14)26(30)31/h2-12,17,24,26,28,30H,13H2,1H3/t17-/m1/s1. The molecule has 0 aliphatic carbocycles. The number of rotatable bonds is 7. The van der Waals surface area contributed by atoms with Gasteiger partial charge in [0.15, 0.2) is 11.5 Å². The number of nitrogens with one attached hydrogen (secondary N) is 2. The van der Waals surface area contributed by atoms with E-state index in [0.29, 0.717) is 22.4 Å². The molecule has 0 aliphatic rings. The van der Waals surface area contributed by atoms with Gasteiger partial charge < -0.3 is 24.6 Å². The number of aryl methyl sites for hydroxylation is 1. The van der Waals surface area contributed by atoms with E-state index in [0.717, 1.165) is 0 Å². The minimum atomic E-state index is -1.04. The number of anilines is 1. The summed E-state index contributed by atoms with van der Waals surface area (Å²) in [5, 5.41) is 33.4. The van der Waals surface area contributed by atoms with Gasteiger partial charge in [0.1, 0.15) is 17.1 Å². The molecule has 2 aromatic heterocycles. The van der Waals surface area contributed by atoms with E-state index in [1.165, 1.54) is 23.0 Å². The lowest BCUT2D eigenvalue weighted by Gasteiger charge is -2.19. The van der Waals surface area contributed by atoms with E-state index in [4.69, 9.17) is 9.62 Å². The number of ketones is 1. The molecule has 0 fully saturated rings. The van der Waals surface area contributed by atoms with Crippen molar-refractivity contribution in [2.75, 3.05) is 5.32 Å². The van der Waals surface area contributed by atoms with Crippen molar-refractivity contribution in [3.63, 3.8) is 0 Å². The van der Waals surface area contributed by atoms with Crippen LogP contribution in [-0.2, 0) is 7.05 Å². The topological polar surface area (TPSA) is 132 Å². The van der Waals surface area contributed by atoms with Gasteiger partial charge in [0.05, 0.1) is 17.8 Å². The smallest absolute Gasteiger partial charge is 0.265 e. The zero-order valence-corrected chi connectivity index (χ0v) is 17.1. The molecule has 0 bridgehead atoms. The molecule has 4 rings (SSSR count). The number of pyridine rings is 1. The molecule has 9 nitrogen and oxygen atoms in total. The molecule has 0 spiro atoms. The molecule has 0 saturated heterocycles. The lowest BCUT2D eigenvalue weighted by atomic mass is 10.00. The summed E-state index contributed by atoms with van der Waals surface area (Å²) in [6.45, 7) is 0. The Hall–Kier alpha value is -3.92. The number of quaternary nitrogens is 1. The maximum atomic E-state index is 13.2. The first-order valence-corrected chi connectivity index (χ1v) is 9.84. The van der Waals surface area contributed by atoms with Gasteiger partial charge in [-0.2, -0.15) is 5.23 Å². The van der Waals surface area contributed by atoms with E-state index in [1.807, 2.05) is 0 Å². The number of carbonyl (C=O) groups is 1. The summed E-state index contributed by atoms with van der Waals surface area (Å²) >= 11 is 0. The summed E-state index contributed by atoms with van der Waals surface area (Å²) in [6.07, 6.45) is 1.30. The van der Waals surface area contributed by atoms with Crippen molar-refractivity contribution in [1.82, 2.24) is 4.57 Å². The molecule has 0 radical (unpaired) electrons. The molecular weight excluding hydrogens is 414 g/mol. The Balaban J connectivity index is 1.68. The van der Waals surface area contributed by atoms with Gasteiger partial charge in [-0.25, -0.2) is 5.21 Å². The van der Waals surface area contributed by atoms with Crippen molar-refractivity contribution in [1.29, 1.82) is 0 Å². The highest BCUT2D eigenvalue weighted by Gasteiger charge is 2.26. The maximum absolute atomic E-state index is 13.2. The van der Waals surface area contributed by atoms with Crippen LogP contribution < -0.4 is 16.1 Å². The number of carbonyl (C=O) groups excluding carboxylic acids is 1. The third-order valence-corrected chi connectivity index (χ3v) is 5.30. The monoisotopic (exact) mass is 435 g/mol. The number of benzene rings is 2. The van der Waals surface area contributed by atoms with Gasteiger partial charge in [-0.3, -0.25) is 9.59 Å². The van der Waals surface area contributed by atoms with Crippen LogP contribution in [0.25, 0.3) is 10.9 Å². The Morgan fingerprint density at radius 3 is 2.53 bits per heavy atom. The summed E-state index contributed by atoms with van der Waals surface area (Å²) < 4.78 is 6.80. The molecule has 2 heterocycles. The molecule has 0 amide bonds. The molecule has 1 unspecified atom stereocenters. The van der Waals surface area contributed by atoms with Crippen LogP contribution >= 0.6 is 0 Å². The van der Waals surface area contributed by atoms with Crippen molar-refractivity contribution >= 4 is 28.1 Å². The number of para-hydroxylation sites is 1. The average molecular weight is 435 g/mol. The maximum Gasteiger partial charge on any atom is 0.265 e. The molecule has 4 N–H and O–H groups in total. The van der Waals surface area contributed by atoms with Crippen LogP contribution in [0.5, 0.6) is 5.75 Å². The minimum absolute atomic E-state index is 0.130. The van der Waals surface area contributed by atoms with Crippen LogP contribution in [-0.4, -0.2) is 20.7 Å². The first kappa shape index (κ1) is 21.3. The largest absolute Gasteiger partial charge is 0.595 e. The number of hydrogen-bond donors (Lipinski definition) is 4. The fraction of sp³-hybridized carbons (Fsp3) is 0.130. The second kappa shape index (κ2) is 8.67. The van der Waals surface area contributed by atoms with Gasteiger partial charge in [-0.15, -0.1) is 0 Å². The van der Waals surface area contributed by atoms with Crippen molar-refractivity contribution in [2.24, 2.45) is 7.05 Å². The van der Waals surface area contributed by atoms with E-state index in [9.17, 15) is 19.9 Å². The van der Waals surface area contributed by atoms with Crippen LogP contribution in [0, 0.1) is 5.21 Å². The molecule has 9 heteroatoms. The number of hydrogen-bond acceptors (Lipinski definition) is 7. The van der Waals surface area contributed by atoms with Gasteiger partial charge in [-0.05, 0) is 36.4 Å². The summed E-state index contributed by atoms with van der Waals surface area (Å²) in [4.78, 5) is 26.0. The molecular formula is C23H21N3O6. The Kier molecular flexibility index (Phi) is 5.78. The number of aromatic nitrogens is 1. The molecule has 164 valence electrons. The van der Waals surface area contributed by atoms with Crippen molar-refractivity contribution in [3.05, 3.63) is 93.8 Å². The van der Waals surface area contributed by atoms with Gasteiger partial charge in [-0.1, -0.05) is 12.1 Å². The summed E-state index contributed by atoms with van der Waals surface area (Å²) in [6, 6.07) is 15.6. The second-order valence-corrected chi connectivity index (χ2v) is 7.33. The fourth-order valence-corrected chi connectivity index (χ4v) is 3.64. The Bertz CT molecular complexity index is 1310. The van der Waals surface area contributed by atoms with E-state index >= 15 is 0 Å². The van der Waals surface area contributed by atoms with Crippen molar-refractivity contribution < 1.29 is 24.8 Å². The SMILES string of the molecule is Cn1c(=O)c(C(=O)C[C@@H](Nc2ccc([NH+]([O-])O)cc2)c2ccco2)c(O)c2ccccc21. The zero-order chi connectivity index (χ0) is 22.8. The van der Waals surface area contributed by atoms with E-state index in [1.54, 1.807) is 55.6 Å². The van der Waals surface area contributed by atoms with E-state index < -0.39 is 22.6 Å². The highest BCUT2D eigenvalue weighted by Crippen LogP contribution is 2.30. The average Bonchev–Trinajstić information content (AvgIpc) is 3.32. The lowest BCUT2D eigenvalue weighted by molar-refractivity contribution is -0.991. The summed E-state index contributed by atoms with van der Waals surface area (Å²) in [5.41, 5.74) is 0.345. The first-order chi connectivity index (χ1) is 15.4. The van der Waals surface area contributed by atoms with Crippen LogP contribution in [0.3, 0.4) is 0 Å². The minimum Gasteiger partial charge on any atom is -0.595 e. The molecule has 2 atom stereocenters. The summed E-state index contributed by atoms with van der Waals surface area (Å²) in [5.74, 6) is -0.444. The fourth-order valence-electron chi connectivity index (χ4n) is 3.64. The van der Waals surface area contributed by atoms with Crippen LogP contribution in [0.4, 0.5) is 11.4 Å². The Morgan fingerprint density at radius 2 is 1.88 bits per heavy atom. The van der Waals surface area contributed by atoms with Gasteiger partial charge in [0, 0.05) is 36.7 Å². The number of furan rings is 1. The van der Waals surface area contributed by atoms with Gasteiger partial charge in [0.25, 0.3) is 5.56 Å². The lowest BCUT2D eigenvalue weighted by Crippen LogP contribution is -2.99. The van der Waals surface area contributed by atoms with Crippen LogP contribution in [0.2, 0.25) is 0 Å². The van der Waals surface area contributed by atoms with E-state index in [-0.39, 0.29) is 23.4 Å². The third kappa shape index (κ3) is 4.00. The number of Topliss-reactive ketones (excluding diaryl/α,β-unsaturated/α-hetero) is 1. The quantitative estimate of drug-likeness (QED) is 0.259. The predicted octanol–water partition coefficient (Wildman–Crippen LogP) is 2.67. The molecule has 32 heavy (non-hydrogen) atoms. The van der Waals surface area contributed by atoms with Crippen molar-refractivity contribution in [2.45, 2.75) is 12.5 Å². The number of nitrogens with zero attached hydrogens (tertiary/aromatic N) is 1. The van der Waals surface area contributed by atoms with E-state index in [2.05, 4.69) is 5.32 Å².